The van der Waals surface area contributed by atoms with Crippen LogP contribution in [-0.4, -0.2) is 24.5 Å². The fraction of sp³-hybridized carbons (Fsp3) is 0.684. The number of benzene rings is 1. The van der Waals surface area contributed by atoms with E-state index < -0.39 is 0 Å². The average molecular weight is 290 g/mol. The molecule has 0 aromatic heterocycles. The molecule has 2 heteroatoms. The molecular formula is C19H34N2. The van der Waals surface area contributed by atoms with E-state index in [4.69, 9.17) is 5.73 Å². The first-order valence-electron chi connectivity index (χ1n) is 8.36. The topological polar surface area (TPSA) is 29.3 Å². The van der Waals surface area contributed by atoms with Gasteiger partial charge in [-0.2, -0.15) is 0 Å². The van der Waals surface area contributed by atoms with Crippen molar-refractivity contribution in [3.05, 3.63) is 35.4 Å². The van der Waals surface area contributed by atoms with E-state index in [1.807, 2.05) is 0 Å². The van der Waals surface area contributed by atoms with Crippen LogP contribution in [-0.2, 0) is 6.42 Å². The van der Waals surface area contributed by atoms with Crippen molar-refractivity contribution in [3.63, 3.8) is 0 Å². The molecule has 2 unspecified atom stereocenters. The Hall–Kier alpha value is -0.860. The Labute approximate surface area is 131 Å². The minimum absolute atomic E-state index is 0.312. The van der Waals surface area contributed by atoms with Crippen LogP contribution in [0.5, 0.6) is 0 Å². The monoisotopic (exact) mass is 290 g/mol. The zero-order valence-electron chi connectivity index (χ0n) is 14.8. The molecular weight excluding hydrogens is 256 g/mol. The van der Waals surface area contributed by atoms with Gasteiger partial charge in [-0.15, -0.1) is 0 Å². The number of hydrogen-bond acceptors (Lipinski definition) is 2. The Kier molecular flexibility index (Phi) is 7.41. The average Bonchev–Trinajstić information content (AvgIpc) is 2.40. The maximum absolute atomic E-state index is 6.05. The quantitative estimate of drug-likeness (QED) is 0.775. The fourth-order valence-electron chi connectivity index (χ4n) is 3.04. The van der Waals surface area contributed by atoms with Crippen molar-refractivity contribution in [2.45, 2.75) is 59.5 Å². The summed E-state index contributed by atoms with van der Waals surface area (Å²) in [4.78, 5) is 2.43. The Morgan fingerprint density at radius 1 is 0.952 bits per heavy atom. The molecule has 21 heavy (non-hydrogen) atoms. The molecule has 2 N–H and O–H groups in total. The van der Waals surface area contributed by atoms with Gasteiger partial charge in [0.25, 0.3) is 0 Å². The molecule has 0 spiro atoms. The highest BCUT2D eigenvalue weighted by atomic mass is 15.2. The Balaban J connectivity index is 2.79. The van der Waals surface area contributed by atoms with Crippen LogP contribution < -0.4 is 5.73 Å². The summed E-state index contributed by atoms with van der Waals surface area (Å²) in [6, 6.07) is 9.90. The van der Waals surface area contributed by atoms with E-state index in [2.05, 4.69) is 70.8 Å². The fourth-order valence-corrected chi connectivity index (χ4v) is 3.04. The molecule has 120 valence electrons. The number of likely N-dealkylation sites (N-methyl/N-ethyl adjacent to an activating group) is 1. The number of rotatable bonds is 8. The molecule has 0 saturated carbocycles. The van der Waals surface area contributed by atoms with Crippen LogP contribution in [0.2, 0.25) is 0 Å². The van der Waals surface area contributed by atoms with Crippen molar-refractivity contribution in [2.75, 3.05) is 13.6 Å². The predicted octanol–water partition coefficient (Wildman–Crippen LogP) is 4.25. The van der Waals surface area contributed by atoms with Crippen LogP contribution in [0.3, 0.4) is 0 Å². The standard InChI is InChI=1S/C19H34N2/c1-14(2)11-16(5)21(6)19(13-20)18-9-7-17(8-10-18)12-15(3)4/h7-10,14-16,19H,11-13,20H2,1-6H3. The Bertz CT molecular complexity index is 395. The van der Waals surface area contributed by atoms with Crippen molar-refractivity contribution >= 4 is 0 Å². The first kappa shape index (κ1) is 18.2. The summed E-state index contributed by atoms with van der Waals surface area (Å²) < 4.78 is 0. The lowest BCUT2D eigenvalue weighted by atomic mass is 9.97. The van der Waals surface area contributed by atoms with Crippen LogP contribution in [0.1, 0.15) is 58.2 Å². The van der Waals surface area contributed by atoms with E-state index >= 15 is 0 Å². The summed E-state index contributed by atoms with van der Waals surface area (Å²) in [5.41, 5.74) is 8.81. The molecule has 1 aromatic rings. The second kappa shape index (κ2) is 8.55. The van der Waals surface area contributed by atoms with Gasteiger partial charge in [0.1, 0.15) is 0 Å². The van der Waals surface area contributed by atoms with E-state index in [9.17, 15) is 0 Å². The van der Waals surface area contributed by atoms with Gasteiger partial charge in [-0.1, -0.05) is 52.0 Å². The molecule has 2 nitrogen and oxygen atoms in total. The van der Waals surface area contributed by atoms with Gasteiger partial charge in [0.15, 0.2) is 0 Å². The third kappa shape index (κ3) is 5.80. The van der Waals surface area contributed by atoms with E-state index in [1.54, 1.807) is 0 Å². The van der Waals surface area contributed by atoms with Crippen molar-refractivity contribution in [1.29, 1.82) is 0 Å². The highest BCUT2D eigenvalue weighted by molar-refractivity contribution is 5.25. The van der Waals surface area contributed by atoms with Gasteiger partial charge in [0, 0.05) is 18.6 Å². The Morgan fingerprint density at radius 2 is 1.52 bits per heavy atom. The molecule has 2 atom stereocenters. The second-order valence-corrected chi connectivity index (χ2v) is 7.24. The van der Waals surface area contributed by atoms with E-state index in [0.717, 1.165) is 6.42 Å². The zero-order chi connectivity index (χ0) is 16.0. The van der Waals surface area contributed by atoms with Gasteiger partial charge in [-0.3, -0.25) is 4.90 Å². The molecule has 0 aliphatic heterocycles. The molecule has 0 aliphatic carbocycles. The third-order valence-electron chi connectivity index (χ3n) is 4.23. The summed E-state index contributed by atoms with van der Waals surface area (Å²) >= 11 is 0. The maximum atomic E-state index is 6.05. The molecule has 1 aromatic carbocycles. The van der Waals surface area contributed by atoms with Crippen molar-refractivity contribution in [2.24, 2.45) is 17.6 Å². The summed E-state index contributed by atoms with van der Waals surface area (Å²) in [6.07, 6.45) is 2.35. The van der Waals surface area contributed by atoms with Gasteiger partial charge in [0.05, 0.1) is 0 Å². The SMILES string of the molecule is CC(C)Cc1ccc(C(CN)N(C)C(C)CC(C)C)cc1. The minimum Gasteiger partial charge on any atom is -0.329 e. The van der Waals surface area contributed by atoms with Crippen molar-refractivity contribution < 1.29 is 0 Å². The van der Waals surface area contributed by atoms with E-state index in [-0.39, 0.29) is 0 Å². The summed E-state index contributed by atoms with van der Waals surface area (Å²) in [5, 5.41) is 0. The summed E-state index contributed by atoms with van der Waals surface area (Å²) in [6.45, 7) is 12.1. The van der Waals surface area contributed by atoms with Gasteiger partial charge < -0.3 is 5.73 Å². The van der Waals surface area contributed by atoms with Gasteiger partial charge in [-0.05, 0) is 49.8 Å². The molecule has 0 fully saturated rings. The van der Waals surface area contributed by atoms with E-state index in [1.165, 1.54) is 17.5 Å². The molecule has 0 aliphatic rings. The van der Waals surface area contributed by atoms with Gasteiger partial charge in [-0.25, -0.2) is 0 Å². The first-order chi connectivity index (χ1) is 9.85. The maximum Gasteiger partial charge on any atom is 0.0470 e. The third-order valence-corrected chi connectivity index (χ3v) is 4.23. The van der Waals surface area contributed by atoms with Gasteiger partial charge in [0.2, 0.25) is 0 Å². The van der Waals surface area contributed by atoms with E-state index in [0.29, 0.717) is 30.5 Å². The zero-order valence-corrected chi connectivity index (χ0v) is 14.8. The summed E-state index contributed by atoms with van der Waals surface area (Å²) in [7, 11) is 2.20. The highest BCUT2D eigenvalue weighted by Crippen LogP contribution is 2.24. The van der Waals surface area contributed by atoms with Crippen LogP contribution in [0.25, 0.3) is 0 Å². The van der Waals surface area contributed by atoms with Crippen LogP contribution in [0, 0.1) is 11.8 Å². The number of nitrogens with zero attached hydrogens (tertiary/aromatic N) is 1. The molecule has 0 bridgehead atoms. The Morgan fingerprint density at radius 3 is 1.95 bits per heavy atom. The number of hydrogen-bond donors (Lipinski definition) is 1. The molecule has 0 heterocycles. The smallest absolute Gasteiger partial charge is 0.0470 e. The lowest BCUT2D eigenvalue weighted by molar-refractivity contribution is 0.168. The number of nitrogens with two attached hydrogens (primary N) is 1. The largest absolute Gasteiger partial charge is 0.329 e. The normalized spacial score (nSPS) is 15.0. The lowest BCUT2D eigenvalue weighted by Crippen LogP contribution is -2.37. The minimum atomic E-state index is 0.312. The lowest BCUT2D eigenvalue weighted by Gasteiger charge is -2.33. The molecule has 0 saturated heterocycles. The molecule has 1 rings (SSSR count). The van der Waals surface area contributed by atoms with Gasteiger partial charge >= 0.3 is 0 Å². The van der Waals surface area contributed by atoms with Crippen LogP contribution in [0.15, 0.2) is 24.3 Å². The van der Waals surface area contributed by atoms with Crippen LogP contribution >= 0.6 is 0 Å². The molecule has 0 amide bonds. The first-order valence-corrected chi connectivity index (χ1v) is 8.36. The molecule has 0 radical (unpaired) electrons. The van der Waals surface area contributed by atoms with Crippen molar-refractivity contribution in [3.8, 4) is 0 Å². The predicted molar refractivity (Wildman–Crippen MR) is 93.5 cm³/mol. The van der Waals surface area contributed by atoms with Crippen LogP contribution in [0.4, 0.5) is 0 Å². The highest BCUT2D eigenvalue weighted by Gasteiger charge is 2.20. The van der Waals surface area contributed by atoms with Crippen molar-refractivity contribution in [1.82, 2.24) is 4.90 Å². The summed E-state index contributed by atoms with van der Waals surface area (Å²) in [5.74, 6) is 1.42. The second-order valence-electron chi connectivity index (χ2n) is 7.24.